The van der Waals surface area contributed by atoms with Crippen LogP contribution in [0, 0.1) is 6.92 Å². The van der Waals surface area contributed by atoms with Crippen molar-refractivity contribution in [3.05, 3.63) is 29.3 Å². The maximum Gasteiger partial charge on any atom is 0.335 e. The number of urea groups is 1. The first-order chi connectivity index (χ1) is 9.90. The van der Waals surface area contributed by atoms with E-state index in [1.165, 1.54) is 12.1 Å². The summed E-state index contributed by atoms with van der Waals surface area (Å²) in [5, 5.41) is 14.1. The first-order valence-electron chi connectivity index (χ1n) is 6.57. The Kier molecular flexibility index (Phi) is 6.19. The molecule has 0 aliphatic rings. The van der Waals surface area contributed by atoms with Gasteiger partial charge in [-0.1, -0.05) is 6.07 Å². The zero-order valence-corrected chi connectivity index (χ0v) is 11.8. The van der Waals surface area contributed by atoms with Crippen LogP contribution < -0.4 is 16.4 Å². The highest BCUT2D eigenvalue weighted by atomic mass is 16.4. The van der Waals surface area contributed by atoms with Gasteiger partial charge in [0.2, 0.25) is 5.91 Å². The van der Waals surface area contributed by atoms with Gasteiger partial charge in [0, 0.05) is 18.7 Å². The Morgan fingerprint density at radius 3 is 2.57 bits per heavy atom. The Bertz CT molecular complexity index is 543. The van der Waals surface area contributed by atoms with Gasteiger partial charge in [0.25, 0.3) is 0 Å². The molecule has 0 aromatic heterocycles. The molecule has 0 spiro atoms. The summed E-state index contributed by atoms with van der Waals surface area (Å²) < 4.78 is 0. The number of hydrogen-bond acceptors (Lipinski definition) is 3. The second-order valence-electron chi connectivity index (χ2n) is 4.64. The summed E-state index contributed by atoms with van der Waals surface area (Å²) in [6.45, 7) is 2.19. The number of carboxylic acids is 1. The number of anilines is 1. The molecule has 3 amide bonds. The average Bonchev–Trinajstić information content (AvgIpc) is 2.40. The zero-order chi connectivity index (χ0) is 15.8. The predicted molar refractivity (Wildman–Crippen MR) is 78.2 cm³/mol. The van der Waals surface area contributed by atoms with Gasteiger partial charge in [0.1, 0.15) is 0 Å². The summed E-state index contributed by atoms with van der Waals surface area (Å²) in [6, 6.07) is 4.10. The fourth-order valence-corrected chi connectivity index (χ4v) is 1.68. The minimum Gasteiger partial charge on any atom is -0.478 e. The van der Waals surface area contributed by atoms with Crippen LogP contribution in [0.2, 0.25) is 0 Å². The molecule has 0 fully saturated rings. The van der Waals surface area contributed by atoms with Crippen LogP contribution in [-0.2, 0) is 4.79 Å². The number of carboxylic acid groups (broad SMARTS) is 1. The Hall–Kier alpha value is -2.57. The van der Waals surface area contributed by atoms with Crippen LogP contribution in [0.15, 0.2) is 18.2 Å². The molecular formula is C14H19N3O4. The van der Waals surface area contributed by atoms with Gasteiger partial charge >= 0.3 is 12.0 Å². The molecule has 0 bridgehead atoms. The monoisotopic (exact) mass is 293 g/mol. The number of aryl methyl sites for hydroxylation is 1. The molecule has 0 saturated carbocycles. The quantitative estimate of drug-likeness (QED) is 0.569. The maximum absolute atomic E-state index is 11.7. The van der Waals surface area contributed by atoms with E-state index in [-0.39, 0.29) is 11.5 Å². The van der Waals surface area contributed by atoms with Crippen molar-refractivity contribution in [2.24, 2.45) is 5.73 Å². The van der Waals surface area contributed by atoms with Crippen LogP contribution in [0.5, 0.6) is 0 Å². The molecule has 1 aromatic carbocycles. The number of nitrogens with two attached hydrogens (primary N) is 1. The first kappa shape index (κ1) is 16.5. The van der Waals surface area contributed by atoms with E-state index in [0.717, 1.165) is 5.56 Å². The van der Waals surface area contributed by atoms with Crippen molar-refractivity contribution in [2.45, 2.75) is 26.2 Å². The molecular weight excluding hydrogens is 274 g/mol. The molecule has 1 rings (SSSR count). The van der Waals surface area contributed by atoms with E-state index in [1.807, 2.05) is 0 Å². The molecule has 0 unspecified atom stereocenters. The fourth-order valence-electron chi connectivity index (χ4n) is 1.68. The molecule has 0 radical (unpaired) electrons. The van der Waals surface area contributed by atoms with E-state index in [9.17, 15) is 14.4 Å². The van der Waals surface area contributed by atoms with Gasteiger partial charge in [-0.25, -0.2) is 9.59 Å². The fraction of sp³-hybridized carbons (Fsp3) is 0.357. The van der Waals surface area contributed by atoms with Crippen molar-refractivity contribution in [2.75, 3.05) is 11.9 Å². The van der Waals surface area contributed by atoms with E-state index in [0.29, 0.717) is 31.5 Å². The summed E-state index contributed by atoms with van der Waals surface area (Å²) in [5.41, 5.74) is 6.33. The van der Waals surface area contributed by atoms with Crippen LogP contribution in [0.25, 0.3) is 0 Å². The number of primary amides is 1. The number of amides is 3. The van der Waals surface area contributed by atoms with Crippen molar-refractivity contribution < 1.29 is 19.5 Å². The largest absolute Gasteiger partial charge is 0.478 e. The van der Waals surface area contributed by atoms with Crippen LogP contribution in [0.4, 0.5) is 10.5 Å². The lowest BCUT2D eigenvalue weighted by Crippen LogP contribution is -2.30. The van der Waals surface area contributed by atoms with Gasteiger partial charge in [-0.3, -0.25) is 4.79 Å². The number of aromatic carboxylic acids is 1. The molecule has 7 nitrogen and oxygen atoms in total. The molecule has 0 atom stereocenters. The second-order valence-corrected chi connectivity index (χ2v) is 4.64. The second kappa shape index (κ2) is 7.88. The number of carbonyl (C=O) groups is 3. The van der Waals surface area contributed by atoms with Crippen molar-refractivity contribution in [3.63, 3.8) is 0 Å². The number of benzene rings is 1. The minimum absolute atomic E-state index is 0.109. The van der Waals surface area contributed by atoms with Crippen molar-refractivity contribution >= 4 is 23.6 Å². The SMILES string of the molecule is Cc1ccc(C(=O)O)cc1NC(=O)NCCCCC(N)=O. The molecule has 21 heavy (non-hydrogen) atoms. The molecule has 0 aliphatic heterocycles. The third-order valence-electron chi connectivity index (χ3n) is 2.87. The van der Waals surface area contributed by atoms with E-state index in [4.69, 9.17) is 10.8 Å². The zero-order valence-electron chi connectivity index (χ0n) is 11.8. The van der Waals surface area contributed by atoms with Crippen LogP contribution in [0.1, 0.15) is 35.2 Å². The number of unbranched alkanes of at least 4 members (excludes halogenated alkanes) is 1. The highest BCUT2D eigenvalue weighted by Gasteiger charge is 2.08. The summed E-state index contributed by atoms with van der Waals surface area (Å²) in [6.07, 6.45) is 1.55. The Labute approximate surface area is 122 Å². The molecule has 0 aliphatic carbocycles. The molecule has 0 heterocycles. The van der Waals surface area contributed by atoms with Gasteiger partial charge in [0.05, 0.1) is 5.56 Å². The van der Waals surface area contributed by atoms with E-state index in [2.05, 4.69) is 10.6 Å². The lowest BCUT2D eigenvalue weighted by molar-refractivity contribution is -0.118. The number of nitrogens with one attached hydrogen (secondary N) is 2. The maximum atomic E-state index is 11.7. The van der Waals surface area contributed by atoms with E-state index >= 15 is 0 Å². The van der Waals surface area contributed by atoms with Crippen LogP contribution >= 0.6 is 0 Å². The number of hydrogen-bond donors (Lipinski definition) is 4. The predicted octanol–water partition coefficient (Wildman–Crippen LogP) is 1.47. The average molecular weight is 293 g/mol. The molecule has 5 N–H and O–H groups in total. The summed E-state index contributed by atoms with van der Waals surface area (Å²) in [5.74, 6) is -1.41. The van der Waals surface area contributed by atoms with Crippen molar-refractivity contribution in [1.29, 1.82) is 0 Å². The summed E-state index contributed by atoms with van der Waals surface area (Å²) in [7, 11) is 0. The van der Waals surface area contributed by atoms with Crippen molar-refractivity contribution in [1.82, 2.24) is 5.32 Å². The Morgan fingerprint density at radius 2 is 1.95 bits per heavy atom. The van der Waals surface area contributed by atoms with Gasteiger partial charge in [-0.15, -0.1) is 0 Å². The first-order valence-corrected chi connectivity index (χ1v) is 6.57. The smallest absolute Gasteiger partial charge is 0.335 e. The van der Waals surface area contributed by atoms with Crippen molar-refractivity contribution in [3.8, 4) is 0 Å². The van der Waals surface area contributed by atoms with E-state index < -0.39 is 12.0 Å². The van der Waals surface area contributed by atoms with Gasteiger partial charge in [-0.05, 0) is 37.5 Å². The van der Waals surface area contributed by atoms with Gasteiger partial charge < -0.3 is 21.5 Å². The highest BCUT2D eigenvalue weighted by Crippen LogP contribution is 2.16. The Balaban J connectivity index is 2.45. The standard InChI is InChI=1S/C14H19N3O4/c1-9-5-6-10(13(19)20)8-11(9)17-14(21)16-7-3-2-4-12(15)18/h5-6,8H,2-4,7H2,1H3,(H2,15,18)(H,19,20)(H2,16,17,21). The minimum atomic E-state index is -1.05. The lowest BCUT2D eigenvalue weighted by Gasteiger charge is -2.10. The van der Waals surface area contributed by atoms with Crippen LogP contribution in [0.3, 0.4) is 0 Å². The lowest BCUT2D eigenvalue weighted by atomic mass is 10.1. The number of carbonyl (C=O) groups excluding carboxylic acids is 2. The van der Waals surface area contributed by atoms with Gasteiger partial charge in [-0.2, -0.15) is 0 Å². The summed E-state index contributed by atoms with van der Waals surface area (Å²) >= 11 is 0. The molecule has 0 saturated heterocycles. The Morgan fingerprint density at radius 1 is 1.24 bits per heavy atom. The molecule has 114 valence electrons. The molecule has 7 heteroatoms. The topological polar surface area (TPSA) is 122 Å². The summed E-state index contributed by atoms with van der Waals surface area (Å²) in [4.78, 5) is 33.1. The third-order valence-corrected chi connectivity index (χ3v) is 2.87. The van der Waals surface area contributed by atoms with Gasteiger partial charge in [0.15, 0.2) is 0 Å². The third kappa shape index (κ3) is 5.94. The number of rotatable bonds is 7. The normalized spacial score (nSPS) is 9.95. The molecule has 1 aromatic rings. The highest BCUT2D eigenvalue weighted by molar-refractivity contribution is 5.93. The van der Waals surface area contributed by atoms with E-state index in [1.54, 1.807) is 13.0 Å². The van der Waals surface area contributed by atoms with Crippen LogP contribution in [-0.4, -0.2) is 29.6 Å².